The Hall–Kier alpha value is -1.12. The van der Waals surface area contributed by atoms with Crippen LogP contribution in [0.5, 0.6) is 0 Å². The number of carbonyl (C=O) groups is 1. The molecule has 0 aromatic heterocycles. The van der Waals surface area contributed by atoms with E-state index in [0.717, 1.165) is 5.57 Å². The van der Waals surface area contributed by atoms with Crippen molar-refractivity contribution in [1.29, 1.82) is 0 Å². The van der Waals surface area contributed by atoms with Gasteiger partial charge in [-0.2, -0.15) is 0 Å². The van der Waals surface area contributed by atoms with Crippen molar-refractivity contribution in [3.8, 4) is 0 Å². The van der Waals surface area contributed by atoms with Crippen LogP contribution in [0.15, 0.2) is 23.0 Å². The smallest absolute Gasteiger partial charge is 0.253 e. The fourth-order valence-corrected chi connectivity index (χ4v) is 0.850. The van der Waals surface area contributed by atoms with Crippen LogP contribution in [-0.4, -0.2) is 13.0 Å². The monoisotopic (exact) mass is 199 g/mol. The molecule has 3 heteroatoms. The highest BCUT2D eigenvalue weighted by molar-refractivity contribution is 5.96. The molecule has 14 heavy (non-hydrogen) atoms. The molecule has 0 rings (SSSR count). The molecule has 0 bridgehead atoms. The van der Waals surface area contributed by atoms with Gasteiger partial charge in [-0.3, -0.25) is 4.79 Å². The lowest BCUT2D eigenvalue weighted by atomic mass is 10.0. The van der Waals surface area contributed by atoms with Gasteiger partial charge in [0.25, 0.3) is 5.91 Å². The van der Waals surface area contributed by atoms with Gasteiger partial charge in [-0.1, -0.05) is 19.4 Å². The molecule has 0 heterocycles. The minimum atomic E-state index is -0.454. The average Bonchev–Trinajstić information content (AvgIpc) is 2.11. The molecule has 0 fully saturated rings. The Kier molecular flexibility index (Phi) is 5.13. The number of amides is 1. The number of halogens is 1. The first-order valence-corrected chi connectivity index (χ1v) is 4.66. The number of likely N-dealkylation sites (N-methyl/N-ethyl adjacent to an activating group) is 1. The first-order chi connectivity index (χ1) is 6.40. The molecule has 0 aromatic rings. The lowest BCUT2D eigenvalue weighted by molar-refractivity contribution is -0.116. The maximum absolute atomic E-state index is 13.0. The number of allylic oxidation sites excluding steroid dienone is 2. The summed E-state index contributed by atoms with van der Waals surface area (Å²) in [6.45, 7) is 7.17. The van der Waals surface area contributed by atoms with E-state index in [1.54, 1.807) is 6.08 Å². The Morgan fingerprint density at radius 3 is 2.14 bits per heavy atom. The summed E-state index contributed by atoms with van der Waals surface area (Å²) in [6.07, 6.45) is 1.60. The lowest BCUT2D eigenvalue weighted by Gasteiger charge is -2.07. The van der Waals surface area contributed by atoms with Gasteiger partial charge in [0.1, 0.15) is 5.83 Å². The maximum Gasteiger partial charge on any atom is 0.253 e. The van der Waals surface area contributed by atoms with Crippen LogP contribution < -0.4 is 5.32 Å². The summed E-state index contributed by atoms with van der Waals surface area (Å²) in [5.74, 6) is -0.525. The third-order valence-corrected chi connectivity index (χ3v) is 2.13. The van der Waals surface area contributed by atoms with Crippen LogP contribution in [0.3, 0.4) is 0 Å². The predicted octanol–water partition coefficient (Wildman–Crippen LogP) is 2.58. The van der Waals surface area contributed by atoms with Crippen LogP contribution in [-0.2, 0) is 4.79 Å². The van der Waals surface area contributed by atoms with Crippen molar-refractivity contribution >= 4 is 5.91 Å². The molecule has 0 aliphatic rings. The van der Waals surface area contributed by atoms with Crippen LogP contribution in [0.1, 0.15) is 27.7 Å². The van der Waals surface area contributed by atoms with Crippen LogP contribution in [0.25, 0.3) is 0 Å². The number of nitrogens with one attached hydrogen (secondary N) is 1. The highest BCUT2D eigenvalue weighted by atomic mass is 19.1. The summed E-state index contributed by atoms with van der Waals surface area (Å²) in [5, 5.41) is 2.41. The molecule has 0 radical (unpaired) electrons. The minimum absolute atomic E-state index is 0.110. The highest BCUT2D eigenvalue weighted by Gasteiger charge is 2.09. The van der Waals surface area contributed by atoms with Crippen molar-refractivity contribution in [2.45, 2.75) is 27.7 Å². The van der Waals surface area contributed by atoms with E-state index in [1.807, 2.05) is 20.8 Å². The van der Waals surface area contributed by atoms with Crippen molar-refractivity contribution in [2.24, 2.45) is 5.92 Å². The summed E-state index contributed by atoms with van der Waals surface area (Å²) < 4.78 is 13.0. The van der Waals surface area contributed by atoms with Crippen LogP contribution in [0.2, 0.25) is 0 Å². The van der Waals surface area contributed by atoms with Gasteiger partial charge in [0.15, 0.2) is 0 Å². The van der Waals surface area contributed by atoms with Crippen molar-refractivity contribution in [2.75, 3.05) is 7.05 Å². The quantitative estimate of drug-likeness (QED) is 0.549. The van der Waals surface area contributed by atoms with E-state index in [2.05, 4.69) is 5.32 Å². The molecule has 0 aliphatic heterocycles. The SMILES string of the molecule is CNC(=O)C(/C=C(\C)C(C)C)=C(/C)F. The Balaban J connectivity index is 5.00. The van der Waals surface area contributed by atoms with E-state index < -0.39 is 5.83 Å². The molecule has 0 aromatic carbocycles. The van der Waals surface area contributed by atoms with Gasteiger partial charge in [0, 0.05) is 7.05 Å². The molecule has 2 nitrogen and oxygen atoms in total. The van der Waals surface area contributed by atoms with E-state index in [1.165, 1.54) is 14.0 Å². The third-order valence-electron chi connectivity index (χ3n) is 2.13. The summed E-state index contributed by atoms with van der Waals surface area (Å²) in [5.41, 5.74) is 1.10. The standard InChI is InChI=1S/C11H18FNO/c1-7(2)8(3)6-10(9(4)12)11(14)13-5/h6-7H,1-5H3,(H,13,14)/b8-6+,10-9-. The first-order valence-electron chi connectivity index (χ1n) is 4.66. The molecule has 0 spiro atoms. The Morgan fingerprint density at radius 1 is 1.36 bits per heavy atom. The molecule has 0 unspecified atom stereocenters. The Morgan fingerprint density at radius 2 is 1.86 bits per heavy atom. The average molecular weight is 199 g/mol. The molecule has 1 amide bonds. The van der Waals surface area contributed by atoms with Crippen LogP contribution in [0.4, 0.5) is 4.39 Å². The van der Waals surface area contributed by atoms with E-state index in [0.29, 0.717) is 5.92 Å². The predicted molar refractivity (Wildman–Crippen MR) is 56.5 cm³/mol. The second-order valence-corrected chi connectivity index (χ2v) is 3.57. The Bertz CT molecular complexity index is 273. The third kappa shape index (κ3) is 3.73. The molecule has 0 aliphatic carbocycles. The summed E-state index contributed by atoms with van der Waals surface area (Å²) in [4.78, 5) is 11.3. The Labute approximate surface area is 84.9 Å². The van der Waals surface area contributed by atoms with E-state index >= 15 is 0 Å². The zero-order chi connectivity index (χ0) is 11.3. The van der Waals surface area contributed by atoms with Gasteiger partial charge in [-0.25, -0.2) is 4.39 Å². The zero-order valence-corrected chi connectivity index (χ0v) is 9.44. The van der Waals surface area contributed by atoms with E-state index in [4.69, 9.17) is 0 Å². The van der Waals surface area contributed by atoms with Crippen molar-refractivity contribution < 1.29 is 9.18 Å². The fraction of sp³-hybridized carbons (Fsp3) is 0.545. The van der Waals surface area contributed by atoms with E-state index in [9.17, 15) is 9.18 Å². The van der Waals surface area contributed by atoms with Crippen LogP contribution >= 0.6 is 0 Å². The fourth-order valence-electron chi connectivity index (χ4n) is 0.850. The number of rotatable bonds is 3. The normalized spacial score (nSPS) is 14.1. The largest absolute Gasteiger partial charge is 0.355 e. The van der Waals surface area contributed by atoms with Crippen molar-refractivity contribution in [3.63, 3.8) is 0 Å². The van der Waals surface area contributed by atoms with Gasteiger partial charge in [0.05, 0.1) is 5.57 Å². The molecular weight excluding hydrogens is 181 g/mol. The molecular formula is C11H18FNO. The number of hydrogen-bond donors (Lipinski definition) is 1. The van der Waals surface area contributed by atoms with Crippen LogP contribution in [0, 0.1) is 5.92 Å². The highest BCUT2D eigenvalue weighted by Crippen LogP contribution is 2.15. The summed E-state index contributed by atoms with van der Waals surface area (Å²) in [6, 6.07) is 0. The summed E-state index contributed by atoms with van der Waals surface area (Å²) in [7, 11) is 1.49. The topological polar surface area (TPSA) is 29.1 Å². The van der Waals surface area contributed by atoms with Crippen molar-refractivity contribution in [3.05, 3.63) is 23.0 Å². The van der Waals surface area contributed by atoms with E-state index in [-0.39, 0.29) is 11.5 Å². The molecule has 1 N–H and O–H groups in total. The van der Waals surface area contributed by atoms with Gasteiger partial charge < -0.3 is 5.32 Å². The molecule has 0 saturated heterocycles. The number of hydrogen-bond acceptors (Lipinski definition) is 1. The minimum Gasteiger partial charge on any atom is -0.355 e. The summed E-state index contributed by atoms with van der Waals surface area (Å²) >= 11 is 0. The van der Waals surface area contributed by atoms with Gasteiger partial charge in [0.2, 0.25) is 0 Å². The first kappa shape index (κ1) is 12.9. The lowest BCUT2D eigenvalue weighted by Crippen LogP contribution is -2.20. The second kappa shape index (κ2) is 5.58. The van der Waals surface area contributed by atoms with Gasteiger partial charge >= 0.3 is 0 Å². The second-order valence-electron chi connectivity index (χ2n) is 3.57. The van der Waals surface area contributed by atoms with Gasteiger partial charge in [-0.15, -0.1) is 0 Å². The van der Waals surface area contributed by atoms with Gasteiger partial charge in [-0.05, 0) is 25.8 Å². The molecule has 0 atom stereocenters. The molecule has 80 valence electrons. The number of carbonyl (C=O) groups excluding carboxylic acids is 1. The van der Waals surface area contributed by atoms with Crippen molar-refractivity contribution in [1.82, 2.24) is 5.32 Å². The molecule has 0 saturated carbocycles. The maximum atomic E-state index is 13.0. The zero-order valence-electron chi connectivity index (χ0n) is 9.44.